The van der Waals surface area contributed by atoms with Gasteiger partial charge in [0.05, 0.1) is 5.69 Å². The number of hydrogen-bond donors (Lipinski definition) is 1. The van der Waals surface area contributed by atoms with Crippen molar-refractivity contribution < 1.29 is 0 Å². The van der Waals surface area contributed by atoms with Crippen LogP contribution in [0.1, 0.15) is 5.69 Å². The predicted octanol–water partition coefficient (Wildman–Crippen LogP) is 3.03. The van der Waals surface area contributed by atoms with Crippen LogP contribution in [0, 0.1) is 6.92 Å². The molecule has 0 aliphatic heterocycles. The van der Waals surface area contributed by atoms with Gasteiger partial charge in [-0.25, -0.2) is 0 Å². The van der Waals surface area contributed by atoms with Crippen molar-refractivity contribution in [2.24, 2.45) is 0 Å². The van der Waals surface area contributed by atoms with Gasteiger partial charge in [-0.15, -0.1) is 0 Å². The molecule has 3 nitrogen and oxygen atoms in total. The Morgan fingerprint density at radius 3 is 2.29 bits per heavy atom. The van der Waals surface area contributed by atoms with E-state index in [0.29, 0.717) is 10.0 Å². The molecule has 0 atom stereocenters. The molecule has 0 spiro atoms. The Bertz CT molecular complexity index is 615. The van der Waals surface area contributed by atoms with Crippen LogP contribution in [0.3, 0.4) is 0 Å². The average molecular weight is 269 g/mol. The van der Waals surface area contributed by atoms with Gasteiger partial charge < -0.3 is 10.3 Å². The molecule has 0 radical (unpaired) electrons. The van der Waals surface area contributed by atoms with E-state index >= 15 is 0 Å². The third-order valence-electron chi connectivity index (χ3n) is 2.40. The Morgan fingerprint density at radius 2 is 1.71 bits per heavy atom. The molecule has 0 aliphatic rings. The van der Waals surface area contributed by atoms with Crippen molar-refractivity contribution in [2.75, 3.05) is 5.73 Å². The Balaban J connectivity index is 2.68. The van der Waals surface area contributed by atoms with Crippen LogP contribution in [0.15, 0.2) is 35.3 Å². The second-order valence-electron chi connectivity index (χ2n) is 3.73. The van der Waals surface area contributed by atoms with Gasteiger partial charge in [0.2, 0.25) is 5.43 Å². The highest BCUT2D eigenvalue weighted by Crippen LogP contribution is 2.22. The number of benzene rings is 1. The molecule has 1 aromatic carbocycles. The van der Waals surface area contributed by atoms with E-state index in [1.807, 2.05) is 6.92 Å². The second kappa shape index (κ2) is 4.43. The summed E-state index contributed by atoms with van der Waals surface area (Å²) in [6.07, 6.45) is 1.57. The first-order chi connectivity index (χ1) is 7.97. The van der Waals surface area contributed by atoms with Crippen molar-refractivity contribution >= 4 is 28.9 Å². The molecule has 0 aliphatic carbocycles. The Kier molecular flexibility index (Phi) is 3.13. The molecule has 2 aromatic rings. The molecule has 17 heavy (non-hydrogen) atoms. The number of anilines is 1. The van der Waals surface area contributed by atoms with Crippen molar-refractivity contribution in [1.29, 1.82) is 0 Å². The van der Waals surface area contributed by atoms with Crippen LogP contribution in [0.4, 0.5) is 5.69 Å². The van der Waals surface area contributed by atoms with Crippen molar-refractivity contribution in [3.05, 3.63) is 56.4 Å². The summed E-state index contributed by atoms with van der Waals surface area (Å²) in [4.78, 5) is 11.4. The molecule has 88 valence electrons. The van der Waals surface area contributed by atoms with E-state index < -0.39 is 0 Å². The SMILES string of the molecule is Cc1cc(=O)c(N)cn1-c1cc(Cl)cc(Cl)c1. The fourth-order valence-electron chi connectivity index (χ4n) is 1.60. The molecular formula is C12H10Cl2N2O. The highest BCUT2D eigenvalue weighted by molar-refractivity contribution is 6.34. The van der Waals surface area contributed by atoms with Gasteiger partial charge in [0, 0.05) is 33.7 Å². The third kappa shape index (κ3) is 2.46. The Hall–Kier alpha value is -1.45. The minimum Gasteiger partial charge on any atom is -0.394 e. The topological polar surface area (TPSA) is 48.0 Å². The summed E-state index contributed by atoms with van der Waals surface area (Å²) in [7, 11) is 0. The summed E-state index contributed by atoms with van der Waals surface area (Å²) < 4.78 is 1.77. The number of pyridine rings is 1. The second-order valence-corrected chi connectivity index (χ2v) is 4.60. The minimum atomic E-state index is -0.188. The number of aryl methyl sites for hydroxylation is 1. The lowest BCUT2D eigenvalue weighted by Gasteiger charge is -2.12. The number of nitrogens with two attached hydrogens (primary N) is 1. The number of halogens is 2. The van der Waals surface area contributed by atoms with Crippen LogP contribution < -0.4 is 11.2 Å². The van der Waals surface area contributed by atoms with Crippen molar-refractivity contribution in [3.63, 3.8) is 0 Å². The van der Waals surface area contributed by atoms with E-state index in [2.05, 4.69) is 0 Å². The van der Waals surface area contributed by atoms with Gasteiger partial charge in [0.1, 0.15) is 0 Å². The fraction of sp³-hybridized carbons (Fsp3) is 0.0833. The molecule has 0 saturated carbocycles. The van der Waals surface area contributed by atoms with E-state index in [4.69, 9.17) is 28.9 Å². The van der Waals surface area contributed by atoms with E-state index in [1.54, 1.807) is 29.0 Å². The normalized spacial score (nSPS) is 10.5. The van der Waals surface area contributed by atoms with Crippen LogP contribution in [0.2, 0.25) is 10.0 Å². The number of rotatable bonds is 1. The number of nitrogens with zero attached hydrogens (tertiary/aromatic N) is 1. The highest BCUT2D eigenvalue weighted by atomic mass is 35.5. The van der Waals surface area contributed by atoms with E-state index in [1.165, 1.54) is 6.07 Å². The summed E-state index contributed by atoms with van der Waals surface area (Å²) in [6, 6.07) is 6.63. The third-order valence-corrected chi connectivity index (χ3v) is 2.83. The van der Waals surface area contributed by atoms with Gasteiger partial charge in [-0.3, -0.25) is 4.79 Å². The van der Waals surface area contributed by atoms with E-state index in [0.717, 1.165) is 11.4 Å². The molecule has 2 N–H and O–H groups in total. The van der Waals surface area contributed by atoms with Gasteiger partial charge in [-0.2, -0.15) is 0 Å². The van der Waals surface area contributed by atoms with Crippen LogP contribution in [0.25, 0.3) is 5.69 Å². The zero-order chi connectivity index (χ0) is 12.6. The first kappa shape index (κ1) is 12.0. The summed E-state index contributed by atoms with van der Waals surface area (Å²) in [5.74, 6) is 0. The maximum absolute atomic E-state index is 11.4. The quantitative estimate of drug-likeness (QED) is 0.864. The molecule has 0 amide bonds. The fourth-order valence-corrected chi connectivity index (χ4v) is 2.12. The smallest absolute Gasteiger partial charge is 0.204 e. The summed E-state index contributed by atoms with van der Waals surface area (Å²) in [6.45, 7) is 1.82. The standard InChI is InChI=1S/C12H10Cl2N2O/c1-7-2-12(17)11(15)6-16(7)10-4-8(13)3-9(14)5-10/h2-6H,15H2,1H3. The van der Waals surface area contributed by atoms with Gasteiger partial charge >= 0.3 is 0 Å². The number of hydrogen-bond acceptors (Lipinski definition) is 2. The summed E-state index contributed by atoms with van der Waals surface area (Å²) in [5.41, 5.74) is 7.14. The molecule has 5 heteroatoms. The van der Waals surface area contributed by atoms with Gasteiger partial charge in [-0.1, -0.05) is 23.2 Å². The van der Waals surface area contributed by atoms with E-state index in [-0.39, 0.29) is 11.1 Å². The average Bonchev–Trinajstić information content (AvgIpc) is 2.22. The van der Waals surface area contributed by atoms with Crippen molar-refractivity contribution in [1.82, 2.24) is 4.57 Å². The Labute approximate surface area is 108 Å². The zero-order valence-corrected chi connectivity index (χ0v) is 10.6. The van der Waals surface area contributed by atoms with Gasteiger partial charge in [0.15, 0.2) is 0 Å². The van der Waals surface area contributed by atoms with Gasteiger partial charge in [-0.05, 0) is 25.1 Å². The minimum absolute atomic E-state index is 0.187. The maximum Gasteiger partial charge on any atom is 0.204 e. The lowest BCUT2D eigenvalue weighted by molar-refractivity contribution is 0.977. The summed E-state index contributed by atoms with van der Waals surface area (Å²) in [5, 5.41) is 1.06. The van der Waals surface area contributed by atoms with Crippen LogP contribution >= 0.6 is 23.2 Å². The van der Waals surface area contributed by atoms with Crippen LogP contribution in [-0.4, -0.2) is 4.57 Å². The molecular weight excluding hydrogens is 259 g/mol. The van der Waals surface area contributed by atoms with Crippen LogP contribution in [-0.2, 0) is 0 Å². The molecule has 0 bridgehead atoms. The van der Waals surface area contributed by atoms with Crippen molar-refractivity contribution in [2.45, 2.75) is 6.92 Å². The predicted molar refractivity (Wildman–Crippen MR) is 71.2 cm³/mol. The molecule has 0 unspecified atom stereocenters. The molecule has 1 heterocycles. The first-order valence-electron chi connectivity index (χ1n) is 4.92. The highest BCUT2D eigenvalue weighted by Gasteiger charge is 2.05. The summed E-state index contributed by atoms with van der Waals surface area (Å²) >= 11 is 11.9. The molecule has 2 rings (SSSR count). The molecule has 0 fully saturated rings. The largest absolute Gasteiger partial charge is 0.394 e. The first-order valence-corrected chi connectivity index (χ1v) is 5.68. The number of nitrogen functional groups attached to an aromatic ring is 1. The maximum atomic E-state index is 11.4. The lowest BCUT2D eigenvalue weighted by Crippen LogP contribution is -2.13. The van der Waals surface area contributed by atoms with Crippen LogP contribution in [0.5, 0.6) is 0 Å². The van der Waals surface area contributed by atoms with Crippen molar-refractivity contribution in [3.8, 4) is 5.69 Å². The number of aromatic nitrogens is 1. The zero-order valence-electron chi connectivity index (χ0n) is 9.08. The molecule has 1 aromatic heterocycles. The monoisotopic (exact) mass is 268 g/mol. The lowest BCUT2D eigenvalue weighted by atomic mass is 10.2. The Morgan fingerprint density at radius 1 is 1.12 bits per heavy atom. The molecule has 0 saturated heterocycles. The van der Waals surface area contributed by atoms with Gasteiger partial charge in [0.25, 0.3) is 0 Å². The van der Waals surface area contributed by atoms with E-state index in [9.17, 15) is 4.79 Å².